The van der Waals surface area contributed by atoms with Crippen molar-refractivity contribution < 1.29 is 23.9 Å². The average Bonchev–Trinajstić information content (AvgIpc) is 3.16. The van der Waals surface area contributed by atoms with Gasteiger partial charge in [-0.05, 0) is 19.4 Å². The molecule has 1 fully saturated rings. The second-order valence-corrected chi connectivity index (χ2v) is 6.92. The fraction of sp³-hybridized carbons (Fsp3) is 0.278. The molecule has 1 saturated heterocycles. The Morgan fingerprint density at radius 2 is 2.00 bits per heavy atom. The molecule has 0 radical (unpaired) electrons. The molecular weight excluding hydrogens is 384 g/mol. The molecule has 1 aliphatic heterocycles. The lowest BCUT2D eigenvalue weighted by molar-refractivity contribution is -0.130. The first-order chi connectivity index (χ1) is 13.4. The topological polar surface area (TPSA) is 118 Å². The van der Waals surface area contributed by atoms with Gasteiger partial charge in [0.2, 0.25) is 5.91 Å². The fourth-order valence-electron chi connectivity index (χ4n) is 2.68. The molecule has 0 bridgehead atoms. The van der Waals surface area contributed by atoms with E-state index in [4.69, 9.17) is 4.74 Å². The van der Waals surface area contributed by atoms with Crippen molar-refractivity contribution >= 4 is 40.3 Å². The Balaban J connectivity index is 1.65. The number of carbonyl (C=O) groups is 4. The Morgan fingerprint density at radius 1 is 1.29 bits per heavy atom. The van der Waals surface area contributed by atoms with Gasteiger partial charge in [-0.2, -0.15) is 0 Å². The zero-order valence-corrected chi connectivity index (χ0v) is 16.0. The Labute approximate surface area is 164 Å². The number of amides is 4. The van der Waals surface area contributed by atoms with Crippen LogP contribution in [0, 0.1) is 6.92 Å². The van der Waals surface area contributed by atoms with Gasteiger partial charge in [-0.25, -0.2) is 14.6 Å². The van der Waals surface area contributed by atoms with E-state index < -0.39 is 36.4 Å². The van der Waals surface area contributed by atoms with Crippen LogP contribution in [0.3, 0.4) is 0 Å². The Bertz CT molecular complexity index is 927. The van der Waals surface area contributed by atoms with Gasteiger partial charge in [0.05, 0.1) is 12.3 Å². The van der Waals surface area contributed by atoms with Crippen LogP contribution < -0.4 is 10.6 Å². The van der Waals surface area contributed by atoms with Crippen LogP contribution in [0.25, 0.3) is 0 Å². The van der Waals surface area contributed by atoms with E-state index in [2.05, 4.69) is 15.6 Å². The Hall–Kier alpha value is -3.27. The van der Waals surface area contributed by atoms with Crippen LogP contribution in [0.4, 0.5) is 9.93 Å². The number of imide groups is 1. The SMILES string of the molecule is CCOC(=O)c1sc(NC(=O)CN2C(=O)NC(c3ccccc3)C2=O)nc1C. The number of urea groups is 1. The van der Waals surface area contributed by atoms with E-state index in [-0.39, 0.29) is 16.6 Å². The predicted octanol–water partition coefficient (Wildman–Crippen LogP) is 1.86. The first-order valence-electron chi connectivity index (χ1n) is 8.52. The quantitative estimate of drug-likeness (QED) is 0.563. The number of benzene rings is 1. The molecule has 1 aromatic carbocycles. The summed E-state index contributed by atoms with van der Waals surface area (Å²) in [6, 6.07) is 7.31. The Morgan fingerprint density at radius 3 is 2.68 bits per heavy atom. The number of hydrogen-bond acceptors (Lipinski definition) is 7. The predicted molar refractivity (Wildman–Crippen MR) is 101 cm³/mol. The van der Waals surface area contributed by atoms with Gasteiger partial charge in [-0.1, -0.05) is 41.7 Å². The van der Waals surface area contributed by atoms with Gasteiger partial charge < -0.3 is 15.4 Å². The molecule has 146 valence electrons. The van der Waals surface area contributed by atoms with Crippen molar-refractivity contribution in [3.8, 4) is 0 Å². The maximum absolute atomic E-state index is 12.5. The van der Waals surface area contributed by atoms with Crippen LogP contribution >= 0.6 is 11.3 Å². The largest absolute Gasteiger partial charge is 0.462 e. The molecule has 1 aliphatic rings. The highest BCUT2D eigenvalue weighted by Crippen LogP contribution is 2.24. The second-order valence-electron chi connectivity index (χ2n) is 5.92. The number of ether oxygens (including phenoxy) is 1. The molecule has 2 N–H and O–H groups in total. The molecule has 28 heavy (non-hydrogen) atoms. The summed E-state index contributed by atoms with van der Waals surface area (Å²) in [7, 11) is 0. The molecule has 9 nitrogen and oxygen atoms in total. The van der Waals surface area contributed by atoms with Gasteiger partial charge in [0.25, 0.3) is 5.91 Å². The summed E-state index contributed by atoms with van der Waals surface area (Å²) in [6.45, 7) is 3.09. The number of esters is 1. The maximum Gasteiger partial charge on any atom is 0.350 e. The zero-order valence-electron chi connectivity index (χ0n) is 15.2. The Kier molecular flexibility index (Phi) is 5.69. The van der Waals surface area contributed by atoms with E-state index in [0.717, 1.165) is 16.2 Å². The van der Waals surface area contributed by atoms with Gasteiger partial charge in [-0.3, -0.25) is 14.5 Å². The summed E-state index contributed by atoms with van der Waals surface area (Å²) >= 11 is 0.971. The highest BCUT2D eigenvalue weighted by molar-refractivity contribution is 7.17. The highest BCUT2D eigenvalue weighted by atomic mass is 32.1. The highest BCUT2D eigenvalue weighted by Gasteiger charge is 2.39. The third-order valence-electron chi connectivity index (χ3n) is 3.96. The van der Waals surface area contributed by atoms with E-state index in [0.29, 0.717) is 11.3 Å². The number of hydrogen-bond donors (Lipinski definition) is 2. The monoisotopic (exact) mass is 402 g/mol. The summed E-state index contributed by atoms with van der Waals surface area (Å²) in [5, 5.41) is 5.27. The summed E-state index contributed by atoms with van der Waals surface area (Å²) in [5.74, 6) is -1.62. The smallest absolute Gasteiger partial charge is 0.350 e. The summed E-state index contributed by atoms with van der Waals surface area (Å²) < 4.78 is 4.93. The molecule has 10 heteroatoms. The fourth-order valence-corrected chi connectivity index (χ4v) is 3.55. The maximum atomic E-state index is 12.5. The lowest BCUT2D eigenvalue weighted by Gasteiger charge is -2.12. The third-order valence-corrected chi connectivity index (χ3v) is 5.02. The number of anilines is 1. The van der Waals surface area contributed by atoms with Gasteiger partial charge in [-0.15, -0.1) is 0 Å². The molecule has 0 spiro atoms. The standard InChI is InChI=1S/C18H18N4O5S/c1-3-27-16(25)14-10(2)19-17(28-14)20-12(23)9-22-15(24)13(21-18(22)26)11-7-5-4-6-8-11/h4-8,13H,3,9H2,1-2H3,(H,21,26)(H,19,20,23). The van der Waals surface area contributed by atoms with Crippen molar-refractivity contribution in [1.82, 2.24) is 15.2 Å². The number of nitrogens with one attached hydrogen (secondary N) is 2. The van der Waals surface area contributed by atoms with E-state index in [9.17, 15) is 19.2 Å². The van der Waals surface area contributed by atoms with E-state index in [1.807, 2.05) is 0 Å². The van der Waals surface area contributed by atoms with Gasteiger partial charge in [0, 0.05) is 0 Å². The van der Waals surface area contributed by atoms with Gasteiger partial charge >= 0.3 is 12.0 Å². The normalized spacial score (nSPS) is 16.1. The lowest BCUT2D eigenvalue weighted by Crippen LogP contribution is -2.38. The number of thiazole rings is 1. The summed E-state index contributed by atoms with van der Waals surface area (Å²) in [4.78, 5) is 54.0. The van der Waals surface area contributed by atoms with Crippen LogP contribution in [0.5, 0.6) is 0 Å². The average molecular weight is 402 g/mol. The van der Waals surface area contributed by atoms with Crippen molar-refractivity contribution in [2.75, 3.05) is 18.5 Å². The minimum Gasteiger partial charge on any atom is -0.462 e. The molecule has 0 saturated carbocycles. The molecule has 3 rings (SSSR count). The first kappa shape index (κ1) is 19.5. The van der Waals surface area contributed by atoms with Crippen LogP contribution in [-0.2, 0) is 14.3 Å². The van der Waals surface area contributed by atoms with Crippen molar-refractivity contribution in [2.24, 2.45) is 0 Å². The van der Waals surface area contributed by atoms with Crippen LogP contribution in [0.2, 0.25) is 0 Å². The van der Waals surface area contributed by atoms with Crippen LogP contribution in [-0.4, -0.2) is 46.9 Å². The third kappa shape index (κ3) is 4.01. The summed E-state index contributed by atoms with van der Waals surface area (Å²) in [6.07, 6.45) is 0. The molecular formula is C18H18N4O5S. The molecule has 0 aliphatic carbocycles. The molecule has 2 aromatic rings. The molecule has 4 amide bonds. The van der Waals surface area contributed by atoms with Gasteiger partial charge in [0.15, 0.2) is 5.13 Å². The number of nitrogens with zero attached hydrogens (tertiary/aromatic N) is 2. The first-order valence-corrected chi connectivity index (χ1v) is 9.33. The molecule has 1 atom stereocenters. The van der Waals surface area contributed by atoms with E-state index >= 15 is 0 Å². The minimum atomic E-state index is -0.820. The van der Waals surface area contributed by atoms with E-state index in [1.54, 1.807) is 44.2 Å². The van der Waals surface area contributed by atoms with Crippen LogP contribution in [0.1, 0.15) is 33.9 Å². The molecule has 1 aromatic heterocycles. The van der Waals surface area contributed by atoms with Crippen molar-refractivity contribution in [3.63, 3.8) is 0 Å². The summed E-state index contributed by atoms with van der Waals surface area (Å²) in [5.41, 5.74) is 1.07. The molecule has 2 heterocycles. The van der Waals surface area contributed by atoms with E-state index in [1.165, 1.54) is 0 Å². The number of aryl methyl sites for hydroxylation is 1. The molecule has 1 unspecified atom stereocenters. The zero-order chi connectivity index (χ0) is 20.3. The van der Waals surface area contributed by atoms with Crippen molar-refractivity contribution in [2.45, 2.75) is 19.9 Å². The van der Waals surface area contributed by atoms with Crippen molar-refractivity contribution in [1.29, 1.82) is 0 Å². The van der Waals surface area contributed by atoms with Crippen LogP contribution in [0.15, 0.2) is 30.3 Å². The second kappa shape index (κ2) is 8.17. The number of rotatable bonds is 6. The van der Waals surface area contributed by atoms with Crippen molar-refractivity contribution in [3.05, 3.63) is 46.5 Å². The lowest BCUT2D eigenvalue weighted by atomic mass is 10.1. The number of carbonyl (C=O) groups excluding carboxylic acids is 4. The minimum absolute atomic E-state index is 0.192. The van der Waals surface area contributed by atoms with Gasteiger partial charge in [0.1, 0.15) is 17.5 Å². The number of aromatic nitrogens is 1.